The molecule has 0 saturated carbocycles. The van der Waals surface area contributed by atoms with Crippen LogP contribution in [-0.2, 0) is 6.42 Å². The highest BCUT2D eigenvalue weighted by atomic mass is 16.5. The van der Waals surface area contributed by atoms with Crippen LogP contribution in [-0.4, -0.2) is 0 Å². The molecule has 0 atom stereocenters. The second-order valence-corrected chi connectivity index (χ2v) is 6.24. The zero-order valence-corrected chi connectivity index (χ0v) is 12.7. The third-order valence-electron chi connectivity index (χ3n) is 4.16. The van der Waals surface area contributed by atoms with Gasteiger partial charge in [-0.2, -0.15) is 0 Å². The minimum atomic E-state index is 0.529. The van der Waals surface area contributed by atoms with Gasteiger partial charge in [0.05, 0.1) is 0 Å². The van der Waals surface area contributed by atoms with Crippen LogP contribution in [0, 0.1) is 0 Å². The molecule has 0 aliphatic carbocycles. The Bertz CT molecular complexity index is 583. The van der Waals surface area contributed by atoms with Gasteiger partial charge < -0.3 is 4.74 Å². The summed E-state index contributed by atoms with van der Waals surface area (Å²) in [5.74, 6) is 3.12. The van der Waals surface area contributed by atoms with Crippen molar-refractivity contribution < 1.29 is 4.74 Å². The van der Waals surface area contributed by atoms with Crippen LogP contribution in [0.3, 0.4) is 0 Å². The van der Waals surface area contributed by atoms with E-state index in [1.807, 2.05) is 0 Å². The Kier molecular flexibility index (Phi) is 3.29. The molecule has 0 saturated heterocycles. The molecule has 1 aliphatic heterocycles. The lowest BCUT2D eigenvalue weighted by atomic mass is 9.86. The zero-order valence-electron chi connectivity index (χ0n) is 12.7. The minimum absolute atomic E-state index is 0.529. The molecule has 2 aromatic rings. The second-order valence-electron chi connectivity index (χ2n) is 6.24. The van der Waals surface area contributed by atoms with Crippen molar-refractivity contribution in [3.05, 3.63) is 58.7 Å². The highest BCUT2D eigenvalue weighted by Gasteiger charge is 2.23. The Morgan fingerprint density at radius 2 is 1.20 bits per heavy atom. The lowest BCUT2D eigenvalue weighted by molar-refractivity contribution is 0.456. The average molecular weight is 266 g/mol. The normalized spacial score (nSPS) is 13.1. The van der Waals surface area contributed by atoms with Crippen LogP contribution < -0.4 is 4.74 Å². The molecule has 0 radical (unpaired) electrons. The van der Waals surface area contributed by atoms with E-state index in [1.165, 1.54) is 22.3 Å². The molecule has 1 heteroatoms. The number of rotatable bonds is 2. The van der Waals surface area contributed by atoms with Crippen molar-refractivity contribution in [2.24, 2.45) is 0 Å². The molecular weight excluding hydrogens is 244 g/mol. The molecule has 0 N–H and O–H groups in total. The standard InChI is InChI=1S/C19H22O/c1-12(2)14-7-5-9-18-16(14)11-17-15(13(3)4)8-6-10-19(17)20-18/h5-10,12-13H,11H2,1-4H3. The monoisotopic (exact) mass is 266 g/mol. The van der Waals surface area contributed by atoms with Crippen LogP contribution in [0.2, 0.25) is 0 Å². The van der Waals surface area contributed by atoms with Crippen LogP contribution in [0.15, 0.2) is 36.4 Å². The quantitative estimate of drug-likeness (QED) is 0.584. The number of ether oxygens (including phenoxy) is 1. The van der Waals surface area contributed by atoms with E-state index in [-0.39, 0.29) is 0 Å². The Morgan fingerprint density at radius 3 is 1.60 bits per heavy atom. The maximum atomic E-state index is 6.16. The summed E-state index contributed by atoms with van der Waals surface area (Å²) < 4.78 is 6.16. The third-order valence-corrected chi connectivity index (χ3v) is 4.16. The molecular formula is C19H22O. The first kappa shape index (κ1) is 13.2. The van der Waals surface area contributed by atoms with Crippen molar-refractivity contribution in [1.29, 1.82) is 0 Å². The van der Waals surface area contributed by atoms with Crippen molar-refractivity contribution in [3.8, 4) is 11.5 Å². The fraction of sp³-hybridized carbons (Fsp3) is 0.368. The predicted molar refractivity (Wildman–Crippen MR) is 83.9 cm³/mol. The van der Waals surface area contributed by atoms with Crippen LogP contribution >= 0.6 is 0 Å². The van der Waals surface area contributed by atoms with E-state index in [0.29, 0.717) is 11.8 Å². The van der Waals surface area contributed by atoms with Crippen molar-refractivity contribution in [2.75, 3.05) is 0 Å². The molecule has 104 valence electrons. The molecule has 20 heavy (non-hydrogen) atoms. The van der Waals surface area contributed by atoms with E-state index in [2.05, 4.69) is 64.1 Å². The zero-order chi connectivity index (χ0) is 14.3. The van der Waals surface area contributed by atoms with Crippen LogP contribution in [0.1, 0.15) is 61.8 Å². The van der Waals surface area contributed by atoms with E-state index < -0.39 is 0 Å². The van der Waals surface area contributed by atoms with Gasteiger partial charge in [0, 0.05) is 17.5 Å². The molecule has 3 rings (SSSR count). The SMILES string of the molecule is CC(C)c1cccc2c1Cc1c(cccc1C(C)C)O2. The number of hydrogen-bond acceptors (Lipinski definition) is 1. The summed E-state index contributed by atoms with van der Waals surface area (Å²) in [6, 6.07) is 12.8. The highest BCUT2D eigenvalue weighted by molar-refractivity contribution is 5.55. The topological polar surface area (TPSA) is 9.23 Å². The molecule has 1 nitrogen and oxygen atoms in total. The van der Waals surface area contributed by atoms with Crippen molar-refractivity contribution >= 4 is 0 Å². The molecule has 0 spiro atoms. The van der Waals surface area contributed by atoms with E-state index >= 15 is 0 Å². The molecule has 1 heterocycles. The fourth-order valence-electron chi connectivity index (χ4n) is 3.11. The third kappa shape index (κ3) is 2.11. The van der Waals surface area contributed by atoms with E-state index in [0.717, 1.165) is 17.9 Å². The summed E-state index contributed by atoms with van der Waals surface area (Å²) in [6.07, 6.45) is 0.993. The summed E-state index contributed by atoms with van der Waals surface area (Å²) >= 11 is 0. The Morgan fingerprint density at radius 1 is 0.750 bits per heavy atom. The van der Waals surface area contributed by atoms with Crippen LogP contribution in [0.5, 0.6) is 11.5 Å². The van der Waals surface area contributed by atoms with Crippen LogP contribution in [0.25, 0.3) is 0 Å². The fourth-order valence-corrected chi connectivity index (χ4v) is 3.11. The number of benzene rings is 2. The lowest BCUT2D eigenvalue weighted by Crippen LogP contribution is -2.10. The first-order valence-electron chi connectivity index (χ1n) is 7.49. The molecule has 2 aromatic carbocycles. The maximum Gasteiger partial charge on any atom is 0.131 e. The predicted octanol–water partition coefficient (Wildman–Crippen LogP) is 5.63. The molecule has 0 aromatic heterocycles. The molecule has 0 amide bonds. The summed E-state index contributed by atoms with van der Waals surface area (Å²) in [7, 11) is 0. The molecule has 1 aliphatic rings. The summed E-state index contributed by atoms with van der Waals surface area (Å²) in [5.41, 5.74) is 5.55. The Hall–Kier alpha value is -1.76. The summed E-state index contributed by atoms with van der Waals surface area (Å²) in [4.78, 5) is 0. The number of hydrogen-bond donors (Lipinski definition) is 0. The van der Waals surface area contributed by atoms with Crippen molar-refractivity contribution in [2.45, 2.75) is 46.0 Å². The summed E-state index contributed by atoms with van der Waals surface area (Å²) in [5, 5.41) is 0. The van der Waals surface area contributed by atoms with E-state index in [9.17, 15) is 0 Å². The minimum Gasteiger partial charge on any atom is -0.457 e. The van der Waals surface area contributed by atoms with Gasteiger partial charge in [-0.05, 0) is 35.1 Å². The van der Waals surface area contributed by atoms with Gasteiger partial charge in [0.15, 0.2) is 0 Å². The molecule has 0 unspecified atom stereocenters. The highest BCUT2D eigenvalue weighted by Crippen LogP contribution is 2.42. The van der Waals surface area contributed by atoms with Gasteiger partial charge >= 0.3 is 0 Å². The lowest BCUT2D eigenvalue weighted by Gasteiger charge is -2.26. The smallest absolute Gasteiger partial charge is 0.131 e. The van der Waals surface area contributed by atoms with Gasteiger partial charge in [-0.25, -0.2) is 0 Å². The van der Waals surface area contributed by atoms with Gasteiger partial charge in [0.2, 0.25) is 0 Å². The first-order chi connectivity index (χ1) is 9.58. The van der Waals surface area contributed by atoms with Gasteiger partial charge in [-0.3, -0.25) is 0 Å². The van der Waals surface area contributed by atoms with Crippen molar-refractivity contribution in [3.63, 3.8) is 0 Å². The number of fused-ring (bicyclic) bond motifs is 2. The summed E-state index contributed by atoms with van der Waals surface area (Å²) in [6.45, 7) is 9.00. The van der Waals surface area contributed by atoms with Gasteiger partial charge in [0.25, 0.3) is 0 Å². The first-order valence-corrected chi connectivity index (χ1v) is 7.49. The van der Waals surface area contributed by atoms with Gasteiger partial charge in [0.1, 0.15) is 11.5 Å². The van der Waals surface area contributed by atoms with Crippen molar-refractivity contribution in [1.82, 2.24) is 0 Å². The van der Waals surface area contributed by atoms with E-state index in [1.54, 1.807) is 0 Å². The molecule has 0 fully saturated rings. The second kappa shape index (κ2) is 4.97. The molecule has 0 bridgehead atoms. The van der Waals surface area contributed by atoms with E-state index in [4.69, 9.17) is 4.74 Å². The Labute approximate surface area is 121 Å². The average Bonchev–Trinajstić information content (AvgIpc) is 2.43. The van der Waals surface area contributed by atoms with Crippen LogP contribution in [0.4, 0.5) is 0 Å². The maximum absolute atomic E-state index is 6.16. The Balaban J connectivity index is 2.13. The largest absolute Gasteiger partial charge is 0.457 e. The van der Waals surface area contributed by atoms with Gasteiger partial charge in [-0.1, -0.05) is 52.0 Å². The van der Waals surface area contributed by atoms with Gasteiger partial charge in [-0.15, -0.1) is 0 Å².